The number of nitrogens with two attached hydrogens (primary N) is 1. The predicted octanol–water partition coefficient (Wildman–Crippen LogP) is 3.57. The van der Waals surface area contributed by atoms with E-state index in [-0.39, 0.29) is 5.69 Å². The van der Waals surface area contributed by atoms with Gasteiger partial charge in [-0.1, -0.05) is 6.08 Å². The Hall–Kier alpha value is -2.11. The molecule has 1 aromatic carbocycles. The normalized spacial score (nSPS) is 15.5. The molecule has 0 fully saturated rings. The summed E-state index contributed by atoms with van der Waals surface area (Å²) in [7, 11) is 0. The Balaban J connectivity index is 2.14. The lowest BCUT2D eigenvalue weighted by Crippen LogP contribution is -2.39. The number of ether oxygens (including phenoxy) is 1. The minimum absolute atomic E-state index is 0.0710. The third-order valence-corrected chi connectivity index (χ3v) is 3.30. The molecule has 0 atom stereocenters. The Morgan fingerprint density at radius 1 is 1.32 bits per heavy atom. The molecular weight excluding hydrogens is 290 g/mol. The van der Waals surface area contributed by atoms with Crippen LogP contribution in [0.2, 0.25) is 0 Å². The van der Waals surface area contributed by atoms with E-state index in [1.165, 1.54) is 6.07 Å². The molecule has 120 valence electrons. The molecule has 0 aliphatic carbocycles. The van der Waals surface area contributed by atoms with Crippen molar-refractivity contribution in [2.75, 3.05) is 18.8 Å². The smallest absolute Gasteiger partial charge is 0.410 e. The number of carbonyl (C=O) groups excluding carboxylic acids is 1. The van der Waals surface area contributed by atoms with E-state index in [9.17, 15) is 13.6 Å². The number of amides is 1. The second-order valence-electron chi connectivity index (χ2n) is 6.25. The number of anilines is 1. The highest BCUT2D eigenvalue weighted by Crippen LogP contribution is 2.30. The molecule has 0 aromatic heterocycles. The van der Waals surface area contributed by atoms with Crippen LogP contribution in [0.15, 0.2) is 18.2 Å². The van der Waals surface area contributed by atoms with Gasteiger partial charge in [-0.25, -0.2) is 13.6 Å². The van der Waals surface area contributed by atoms with Crippen LogP contribution >= 0.6 is 0 Å². The quantitative estimate of drug-likeness (QED) is 0.807. The van der Waals surface area contributed by atoms with Crippen LogP contribution in [0.3, 0.4) is 0 Å². The summed E-state index contributed by atoms with van der Waals surface area (Å²) in [4.78, 5) is 13.5. The number of hydrogen-bond donors (Lipinski definition) is 1. The van der Waals surface area contributed by atoms with Crippen LogP contribution in [0.1, 0.15) is 32.8 Å². The standard InChI is InChI=1S/C16H20F2N2O2/c1-16(2,3)22-15(21)20-6-4-10(5-7-20)12-8-11(17)9-13(18)14(12)19/h4,8-9H,5-7,19H2,1-3H3. The number of carbonyl (C=O) groups is 1. The summed E-state index contributed by atoms with van der Waals surface area (Å²) in [5, 5.41) is 0. The van der Waals surface area contributed by atoms with Crippen molar-refractivity contribution in [1.82, 2.24) is 4.90 Å². The summed E-state index contributed by atoms with van der Waals surface area (Å²) < 4.78 is 32.1. The maximum absolute atomic E-state index is 13.5. The minimum Gasteiger partial charge on any atom is -0.444 e. The first-order chi connectivity index (χ1) is 10.2. The van der Waals surface area contributed by atoms with E-state index in [0.717, 1.165) is 11.6 Å². The highest BCUT2D eigenvalue weighted by molar-refractivity contribution is 5.78. The van der Waals surface area contributed by atoms with Gasteiger partial charge in [0.15, 0.2) is 0 Å². The molecular formula is C16H20F2N2O2. The van der Waals surface area contributed by atoms with Gasteiger partial charge in [0.2, 0.25) is 0 Å². The van der Waals surface area contributed by atoms with E-state index >= 15 is 0 Å². The van der Waals surface area contributed by atoms with E-state index in [0.29, 0.717) is 25.1 Å². The lowest BCUT2D eigenvalue weighted by molar-refractivity contribution is 0.0270. The van der Waals surface area contributed by atoms with Gasteiger partial charge < -0.3 is 15.4 Å². The van der Waals surface area contributed by atoms with Gasteiger partial charge in [0.05, 0.1) is 5.69 Å². The van der Waals surface area contributed by atoms with E-state index < -0.39 is 23.3 Å². The minimum atomic E-state index is -0.773. The first-order valence-electron chi connectivity index (χ1n) is 7.09. The fraction of sp³-hybridized carbons (Fsp3) is 0.438. The van der Waals surface area contributed by atoms with Crippen LogP contribution in [0.4, 0.5) is 19.3 Å². The molecule has 6 heteroatoms. The van der Waals surface area contributed by atoms with Crippen molar-refractivity contribution in [2.24, 2.45) is 0 Å². The molecule has 1 aromatic rings. The summed E-state index contributed by atoms with van der Waals surface area (Å²) in [5.74, 6) is -1.44. The molecule has 0 radical (unpaired) electrons. The zero-order valence-corrected chi connectivity index (χ0v) is 13.0. The first-order valence-corrected chi connectivity index (χ1v) is 7.09. The molecule has 2 rings (SSSR count). The third-order valence-electron chi connectivity index (χ3n) is 3.30. The van der Waals surface area contributed by atoms with Crippen LogP contribution in [0.5, 0.6) is 0 Å². The van der Waals surface area contributed by atoms with Crippen molar-refractivity contribution in [3.8, 4) is 0 Å². The van der Waals surface area contributed by atoms with Crippen molar-refractivity contribution in [1.29, 1.82) is 0 Å². The maximum atomic E-state index is 13.5. The molecule has 22 heavy (non-hydrogen) atoms. The Morgan fingerprint density at radius 3 is 2.55 bits per heavy atom. The Morgan fingerprint density at radius 2 is 2.00 bits per heavy atom. The highest BCUT2D eigenvalue weighted by Gasteiger charge is 2.24. The lowest BCUT2D eigenvalue weighted by Gasteiger charge is -2.29. The van der Waals surface area contributed by atoms with Crippen molar-refractivity contribution in [3.63, 3.8) is 0 Å². The Bertz CT molecular complexity index is 621. The van der Waals surface area contributed by atoms with Crippen LogP contribution in [-0.2, 0) is 4.74 Å². The highest BCUT2D eigenvalue weighted by atomic mass is 19.1. The fourth-order valence-electron chi connectivity index (χ4n) is 2.26. The largest absolute Gasteiger partial charge is 0.444 e. The number of halogens is 2. The molecule has 1 aliphatic heterocycles. The van der Waals surface area contributed by atoms with E-state index in [1.807, 2.05) is 0 Å². The molecule has 0 saturated heterocycles. The van der Waals surface area contributed by atoms with Crippen LogP contribution in [0.25, 0.3) is 5.57 Å². The predicted molar refractivity (Wildman–Crippen MR) is 81.2 cm³/mol. The van der Waals surface area contributed by atoms with E-state index in [4.69, 9.17) is 10.5 Å². The van der Waals surface area contributed by atoms with Crippen molar-refractivity contribution in [3.05, 3.63) is 35.4 Å². The molecule has 0 unspecified atom stereocenters. The zero-order valence-electron chi connectivity index (χ0n) is 13.0. The number of benzene rings is 1. The van der Waals surface area contributed by atoms with E-state index in [2.05, 4.69) is 0 Å². The number of nitrogens with zero attached hydrogens (tertiary/aromatic N) is 1. The summed E-state index contributed by atoms with van der Waals surface area (Å²) in [6.45, 7) is 6.13. The molecule has 0 spiro atoms. The van der Waals surface area contributed by atoms with Crippen LogP contribution in [-0.4, -0.2) is 29.7 Å². The monoisotopic (exact) mass is 310 g/mol. The number of nitrogen functional groups attached to an aromatic ring is 1. The van der Waals surface area contributed by atoms with Gasteiger partial charge in [0.25, 0.3) is 0 Å². The fourth-order valence-corrected chi connectivity index (χ4v) is 2.26. The van der Waals surface area contributed by atoms with Crippen LogP contribution < -0.4 is 5.73 Å². The van der Waals surface area contributed by atoms with Crippen molar-refractivity contribution < 1.29 is 18.3 Å². The maximum Gasteiger partial charge on any atom is 0.410 e. The number of rotatable bonds is 1. The molecule has 0 saturated carbocycles. The van der Waals surface area contributed by atoms with Gasteiger partial charge in [-0.2, -0.15) is 0 Å². The summed E-state index contributed by atoms with van der Waals surface area (Å²) in [6.07, 6.45) is 1.81. The summed E-state index contributed by atoms with van der Waals surface area (Å²) >= 11 is 0. The molecule has 2 N–H and O–H groups in total. The molecule has 1 aliphatic rings. The molecule has 4 nitrogen and oxygen atoms in total. The summed E-state index contributed by atoms with van der Waals surface area (Å²) in [5.41, 5.74) is 6.12. The van der Waals surface area contributed by atoms with Gasteiger partial charge in [-0.15, -0.1) is 0 Å². The van der Waals surface area contributed by atoms with Gasteiger partial charge in [-0.05, 0) is 38.8 Å². The lowest BCUT2D eigenvalue weighted by atomic mass is 9.97. The van der Waals surface area contributed by atoms with Gasteiger partial charge in [0, 0.05) is 24.7 Å². The van der Waals surface area contributed by atoms with Crippen molar-refractivity contribution >= 4 is 17.4 Å². The van der Waals surface area contributed by atoms with Crippen molar-refractivity contribution in [2.45, 2.75) is 32.8 Å². The Labute approximate surface area is 128 Å². The van der Waals surface area contributed by atoms with Crippen LogP contribution in [0, 0.1) is 11.6 Å². The molecule has 1 amide bonds. The second kappa shape index (κ2) is 5.94. The average molecular weight is 310 g/mol. The molecule has 0 bridgehead atoms. The topological polar surface area (TPSA) is 55.6 Å². The van der Waals surface area contributed by atoms with Gasteiger partial charge in [-0.3, -0.25) is 0 Å². The zero-order chi connectivity index (χ0) is 16.5. The van der Waals surface area contributed by atoms with Gasteiger partial charge >= 0.3 is 6.09 Å². The first kappa shape index (κ1) is 16.3. The third kappa shape index (κ3) is 3.75. The molecule has 1 heterocycles. The summed E-state index contributed by atoms with van der Waals surface area (Å²) in [6, 6.07) is 1.97. The van der Waals surface area contributed by atoms with Gasteiger partial charge in [0.1, 0.15) is 17.2 Å². The second-order valence-corrected chi connectivity index (χ2v) is 6.25. The van der Waals surface area contributed by atoms with E-state index in [1.54, 1.807) is 31.7 Å². The average Bonchev–Trinajstić information content (AvgIpc) is 2.41. The SMILES string of the molecule is CC(C)(C)OC(=O)N1CC=C(c2cc(F)cc(F)c2N)CC1. The number of hydrogen-bond acceptors (Lipinski definition) is 3. The Kier molecular flexibility index (Phi) is 4.39.